The van der Waals surface area contributed by atoms with Gasteiger partial charge in [0.2, 0.25) is 11.8 Å². The first-order chi connectivity index (χ1) is 13.8. The van der Waals surface area contributed by atoms with Crippen molar-refractivity contribution in [1.82, 2.24) is 5.32 Å². The van der Waals surface area contributed by atoms with Gasteiger partial charge in [-0.25, -0.2) is 0 Å². The zero-order chi connectivity index (χ0) is 20.6. The average Bonchev–Trinajstić information content (AvgIpc) is 3.10. The number of fused-ring (bicyclic) bond motifs is 1. The van der Waals surface area contributed by atoms with E-state index in [4.69, 9.17) is 4.74 Å². The molecule has 2 atom stereocenters. The van der Waals surface area contributed by atoms with Crippen molar-refractivity contribution in [1.29, 1.82) is 0 Å². The van der Waals surface area contributed by atoms with Crippen LogP contribution in [0.1, 0.15) is 30.0 Å². The lowest BCUT2D eigenvalue weighted by molar-refractivity contribution is -0.137. The summed E-state index contributed by atoms with van der Waals surface area (Å²) < 4.78 is 44.5. The number of ether oxygens (including phenoxy) is 1. The molecule has 4 rings (SSSR count). The van der Waals surface area contributed by atoms with Gasteiger partial charge in [-0.05, 0) is 24.3 Å². The van der Waals surface area contributed by atoms with E-state index in [0.717, 1.165) is 23.4 Å². The first-order valence-corrected chi connectivity index (χ1v) is 9.32. The topological polar surface area (TPSA) is 58.6 Å². The number of nitrogens with one attached hydrogen (secondary N) is 1. The Morgan fingerprint density at radius 3 is 2.72 bits per heavy atom. The highest BCUT2D eigenvalue weighted by Gasteiger charge is 2.38. The Bertz CT molecular complexity index is 945. The minimum Gasteiger partial charge on any atom is -0.493 e. The molecule has 0 bridgehead atoms. The molecular weight excluding hydrogens is 385 g/mol. The molecule has 8 heteroatoms. The molecule has 1 fully saturated rings. The lowest BCUT2D eigenvalue weighted by atomic mass is 9.99. The predicted octanol–water partition coefficient (Wildman–Crippen LogP) is 3.70. The fourth-order valence-electron chi connectivity index (χ4n) is 3.76. The third-order valence-electron chi connectivity index (χ3n) is 5.26. The molecule has 5 nitrogen and oxygen atoms in total. The normalized spacial score (nSPS) is 21.5. The van der Waals surface area contributed by atoms with Crippen LogP contribution in [-0.4, -0.2) is 25.0 Å². The average molecular weight is 404 g/mol. The quantitative estimate of drug-likeness (QED) is 0.849. The summed E-state index contributed by atoms with van der Waals surface area (Å²) in [6.45, 7) is 0.527. The summed E-state index contributed by atoms with van der Waals surface area (Å²) in [5.74, 6) is -0.546. The van der Waals surface area contributed by atoms with Crippen LogP contribution in [0.4, 0.5) is 18.9 Å². The van der Waals surface area contributed by atoms with Gasteiger partial charge < -0.3 is 15.0 Å². The molecule has 2 aromatic carbocycles. The van der Waals surface area contributed by atoms with Crippen molar-refractivity contribution in [3.63, 3.8) is 0 Å². The van der Waals surface area contributed by atoms with Crippen molar-refractivity contribution >= 4 is 17.5 Å². The summed E-state index contributed by atoms with van der Waals surface area (Å²) in [7, 11) is 0. The van der Waals surface area contributed by atoms with Crippen molar-refractivity contribution in [2.75, 3.05) is 18.1 Å². The SMILES string of the molecule is O=C(N[C@@H]1CCOc2ccccc21)[C@H]1CC(=O)N(c2cccc(C(F)(F)F)c2)C1. The van der Waals surface area contributed by atoms with E-state index in [-0.39, 0.29) is 36.5 Å². The Hall–Kier alpha value is -3.03. The van der Waals surface area contributed by atoms with Crippen LogP contribution in [0.5, 0.6) is 5.75 Å². The fourth-order valence-corrected chi connectivity index (χ4v) is 3.76. The molecule has 2 aliphatic rings. The van der Waals surface area contributed by atoms with E-state index < -0.39 is 17.7 Å². The van der Waals surface area contributed by atoms with Crippen LogP contribution < -0.4 is 15.0 Å². The Balaban J connectivity index is 1.47. The monoisotopic (exact) mass is 404 g/mol. The van der Waals surface area contributed by atoms with E-state index in [1.54, 1.807) is 0 Å². The highest BCUT2D eigenvalue weighted by Crippen LogP contribution is 2.35. The number of nitrogens with zero attached hydrogens (tertiary/aromatic N) is 1. The smallest absolute Gasteiger partial charge is 0.416 e. The number of halogens is 3. The molecule has 1 saturated heterocycles. The number of alkyl halides is 3. The van der Waals surface area contributed by atoms with Gasteiger partial charge in [-0.3, -0.25) is 9.59 Å². The Labute approximate surface area is 165 Å². The summed E-state index contributed by atoms with van der Waals surface area (Å²) in [6, 6.07) is 11.8. The molecular formula is C21H19F3N2O3. The van der Waals surface area contributed by atoms with Crippen LogP contribution in [0.25, 0.3) is 0 Å². The van der Waals surface area contributed by atoms with Gasteiger partial charge in [0.15, 0.2) is 0 Å². The van der Waals surface area contributed by atoms with Crippen LogP contribution in [0.15, 0.2) is 48.5 Å². The van der Waals surface area contributed by atoms with E-state index in [0.29, 0.717) is 13.0 Å². The van der Waals surface area contributed by atoms with Crippen LogP contribution >= 0.6 is 0 Å². The van der Waals surface area contributed by atoms with Crippen LogP contribution in [0.3, 0.4) is 0 Å². The van der Waals surface area contributed by atoms with Gasteiger partial charge in [-0.1, -0.05) is 24.3 Å². The fraction of sp³-hybridized carbons (Fsp3) is 0.333. The van der Waals surface area contributed by atoms with Crippen molar-refractivity contribution < 1.29 is 27.5 Å². The van der Waals surface area contributed by atoms with Crippen LogP contribution in [0.2, 0.25) is 0 Å². The molecule has 2 aliphatic heterocycles. The molecule has 0 radical (unpaired) electrons. The Morgan fingerprint density at radius 2 is 1.93 bits per heavy atom. The predicted molar refractivity (Wildman–Crippen MR) is 99.3 cm³/mol. The van der Waals surface area contributed by atoms with Gasteiger partial charge in [-0.2, -0.15) is 13.2 Å². The summed E-state index contributed by atoms with van der Waals surface area (Å²) in [6.07, 6.45) is -3.92. The summed E-state index contributed by atoms with van der Waals surface area (Å²) in [4.78, 5) is 26.4. The van der Waals surface area contributed by atoms with Crippen LogP contribution in [-0.2, 0) is 15.8 Å². The molecule has 29 heavy (non-hydrogen) atoms. The van der Waals surface area contributed by atoms with E-state index >= 15 is 0 Å². The van der Waals surface area contributed by atoms with Crippen molar-refractivity contribution in [2.24, 2.45) is 5.92 Å². The molecule has 2 amide bonds. The van der Waals surface area contributed by atoms with Crippen LogP contribution in [0, 0.1) is 5.92 Å². The van der Waals surface area contributed by atoms with E-state index in [1.165, 1.54) is 17.0 Å². The first-order valence-electron chi connectivity index (χ1n) is 9.32. The third-order valence-corrected chi connectivity index (χ3v) is 5.26. The highest BCUT2D eigenvalue weighted by molar-refractivity contribution is 6.00. The molecule has 0 saturated carbocycles. The van der Waals surface area contributed by atoms with Gasteiger partial charge in [0.1, 0.15) is 5.75 Å². The first kappa shape index (κ1) is 19.3. The lowest BCUT2D eigenvalue weighted by Gasteiger charge is -2.27. The molecule has 0 unspecified atom stereocenters. The van der Waals surface area contributed by atoms with Gasteiger partial charge in [0.25, 0.3) is 0 Å². The van der Waals surface area contributed by atoms with Crippen molar-refractivity contribution in [3.05, 3.63) is 59.7 Å². The number of benzene rings is 2. The van der Waals surface area contributed by atoms with E-state index in [9.17, 15) is 22.8 Å². The molecule has 0 aliphatic carbocycles. The van der Waals surface area contributed by atoms with Gasteiger partial charge in [0, 0.05) is 30.6 Å². The largest absolute Gasteiger partial charge is 0.493 e. The van der Waals surface area contributed by atoms with E-state index in [2.05, 4.69) is 5.32 Å². The number of hydrogen-bond donors (Lipinski definition) is 1. The second-order valence-electron chi connectivity index (χ2n) is 7.19. The summed E-state index contributed by atoms with van der Waals surface area (Å²) in [5.41, 5.74) is 0.206. The number of amides is 2. The maximum Gasteiger partial charge on any atom is 0.416 e. The van der Waals surface area contributed by atoms with Crippen molar-refractivity contribution in [2.45, 2.75) is 25.1 Å². The van der Waals surface area contributed by atoms with Gasteiger partial charge in [-0.15, -0.1) is 0 Å². The Kier molecular flexibility index (Phi) is 4.94. The number of hydrogen-bond acceptors (Lipinski definition) is 3. The number of carbonyl (C=O) groups is 2. The molecule has 0 aromatic heterocycles. The second-order valence-corrected chi connectivity index (χ2v) is 7.19. The summed E-state index contributed by atoms with van der Waals surface area (Å²) >= 11 is 0. The maximum atomic E-state index is 13.0. The van der Waals surface area contributed by atoms with Crippen molar-refractivity contribution in [3.8, 4) is 5.75 Å². The van der Waals surface area contributed by atoms with E-state index in [1.807, 2.05) is 24.3 Å². The molecule has 152 valence electrons. The third kappa shape index (κ3) is 3.92. The zero-order valence-electron chi connectivity index (χ0n) is 15.4. The number of para-hydroxylation sites is 1. The maximum absolute atomic E-state index is 13.0. The lowest BCUT2D eigenvalue weighted by Crippen LogP contribution is -2.37. The highest BCUT2D eigenvalue weighted by atomic mass is 19.4. The minimum absolute atomic E-state index is 0.0348. The number of rotatable bonds is 3. The molecule has 2 heterocycles. The number of carbonyl (C=O) groups excluding carboxylic acids is 2. The second kappa shape index (κ2) is 7.42. The standard InChI is InChI=1S/C21H19F3N2O3/c22-21(23,24)14-4-3-5-15(11-14)26-12-13(10-19(26)27)20(28)25-17-8-9-29-18-7-2-1-6-16(17)18/h1-7,11,13,17H,8-10,12H2,(H,25,28)/t13-,17+/m0/s1. The van der Waals surface area contributed by atoms with Gasteiger partial charge in [0.05, 0.1) is 24.1 Å². The summed E-state index contributed by atoms with van der Waals surface area (Å²) in [5, 5.41) is 2.97. The molecule has 2 aromatic rings. The minimum atomic E-state index is -4.49. The van der Waals surface area contributed by atoms with Gasteiger partial charge >= 0.3 is 6.18 Å². The zero-order valence-corrected chi connectivity index (χ0v) is 15.4. The number of anilines is 1. The Morgan fingerprint density at radius 1 is 1.14 bits per heavy atom. The molecule has 0 spiro atoms. The molecule has 1 N–H and O–H groups in total.